The number of hydrogen-bond acceptors (Lipinski definition) is 7. The number of nitrogens with one attached hydrogen (secondary N) is 1. The van der Waals surface area contributed by atoms with Crippen LogP contribution in [0.2, 0.25) is 10.2 Å². The normalized spacial score (nSPS) is 19.3. The van der Waals surface area contributed by atoms with E-state index in [2.05, 4.69) is 25.3 Å². The number of carbonyl (C=O) groups is 2. The van der Waals surface area contributed by atoms with Gasteiger partial charge in [0.15, 0.2) is 16.0 Å². The Labute approximate surface area is 222 Å². The first-order valence-electron chi connectivity index (χ1n) is 11.2. The highest BCUT2D eigenvalue weighted by Gasteiger charge is 2.42. The molecule has 188 valence electrons. The van der Waals surface area contributed by atoms with Crippen molar-refractivity contribution >= 4 is 51.9 Å². The Hall–Kier alpha value is -3.61. The van der Waals surface area contributed by atoms with E-state index in [1.807, 2.05) is 0 Å². The van der Waals surface area contributed by atoms with Crippen LogP contribution in [-0.2, 0) is 4.79 Å². The SMILES string of the molecule is NC(=O)c1ncc(-c2cnc([C@@H]3CC[C@@H]4CC(c5c(-n6cc(Cl)nn6)ccc(Cl)c5F)=CC(=O)N43)[nH]2)s1. The monoisotopic (exact) mass is 558 g/mol. The van der Waals surface area contributed by atoms with E-state index in [1.54, 1.807) is 23.4 Å². The van der Waals surface area contributed by atoms with Gasteiger partial charge in [-0.1, -0.05) is 28.4 Å². The van der Waals surface area contributed by atoms with Crippen molar-refractivity contribution in [2.45, 2.75) is 31.3 Å². The van der Waals surface area contributed by atoms with Crippen molar-refractivity contribution < 1.29 is 14.0 Å². The fourth-order valence-corrected chi connectivity index (χ4v) is 5.95. The average Bonchev–Trinajstić information content (AvgIpc) is 3.66. The van der Waals surface area contributed by atoms with Crippen molar-refractivity contribution in [1.29, 1.82) is 0 Å². The molecule has 6 rings (SSSR count). The van der Waals surface area contributed by atoms with Crippen LogP contribution in [0.5, 0.6) is 0 Å². The van der Waals surface area contributed by atoms with Crippen LogP contribution < -0.4 is 5.73 Å². The van der Waals surface area contributed by atoms with Crippen molar-refractivity contribution in [2.75, 3.05) is 0 Å². The van der Waals surface area contributed by atoms with Crippen molar-refractivity contribution in [1.82, 2.24) is 34.8 Å². The minimum Gasteiger partial charge on any atom is -0.364 e. The zero-order chi connectivity index (χ0) is 25.8. The van der Waals surface area contributed by atoms with Gasteiger partial charge in [-0.3, -0.25) is 9.59 Å². The Morgan fingerprint density at radius 1 is 1.22 bits per heavy atom. The number of aromatic amines is 1. The summed E-state index contributed by atoms with van der Waals surface area (Å²) in [5, 5.41) is 8.02. The summed E-state index contributed by atoms with van der Waals surface area (Å²) in [7, 11) is 0. The maximum atomic E-state index is 15.3. The van der Waals surface area contributed by atoms with Crippen LogP contribution in [0.25, 0.3) is 21.8 Å². The minimum absolute atomic E-state index is 0.0595. The Balaban J connectivity index is 1.32. The summed E-state index contributed by atoms with van der Waals surface area (Å²) in [4.78, 5) is 39.0. The number of fused-ring (bicyclic) bond motifs is 1. The molecule has 3 aromatic heterocycles. The van der Waals surface area contributed by atoms with Crippen LogP contribution in [0.1, 0.15) is 46.5 Å². The number of rotatable bonds is 5. The summed E-state index contributed by atoms with van der Waals surface area (Å²) in [6.07, 6.45) is 7.93. The number of nitrogens with two attached hydrogens (primary N) is 1. The molecule has 0 aliphatic carbocycles. The first kappa shape index (κ1) is 23.8. The van der Waals surface area contributed by atoms with Crippen LogP contribution in [0.3, 0.4) is 0 Å². The van der Waals surface area contributed by atoms with Gasteiger partial charge in [0.05, 0.1) is 39.7 Å². The lowest BCUT2D eigenvalue weighted by Crippen LogP contribution is -2.39. The van der Waals surface area contributed by atoms with Gasteiger partial charge in [-0.15, -0.1) is 16.4 Å². The molecule has 0 unspecified atom stereocenters. The van der Waals surface area contributed by atoms with Gasteiger partial charge < -0.3 is 15.6 Å². The van der Waals surface area contributed by atoms with Gasteiger partial charge in [0.25, 0.3) is 5.91 Å². The molecule has 2 aliphatic heterocycles. The van der Waals surface area contributed by atoms with Gasteiger partial charge in [0.2, 0.25) is 5.91 Å². The van der Waals surface area contributed by atoms with E-state index in [0.29, 0.717) is 46.9 Å². The van der Waals surface area contributed by atoms with E-state index in [9.17, 15) is 9.59 Å². The summed E-state index contributed by atoms with van der Waals surface area (Å²) in [6, 6.07) is 2.62. The lowest BCUT2D eigenvalue weighted by atomic mass is 9.92. The molecule has 2 aliphatic rings. The van der Waals surface area contributed by atoms with E-state index in [4.69, 9.17) is 28.9 Å². The lowest BCUT2D eigenvalue weighted by Gasteiger charge is -2.33. The molecular formula is C23H17Cl2FN8O2S. The van der Waals surface area contributed by atoms with E-state index in [0.717, 1.165) is 11.3 Å². The number of benzene rings is 1. The first-order chi connectivity index (χ1) is 17.8. The fraction of sp³-hybridized carbons (Fsp3) is 0.217. The molecule has 3 N–H and O–H groups in total. The number of H-pyrrole nitrogens is 1. The molecule has 37 heavy (non-hydrogen) atoms. The molecule has 0 saturated carbocycles. The Morgan fingerprint density at radius 3 is 2.78 bits per heavy atom. The topological polar surface area (TPSA) is 136 Å². The molecule has 0 radical (unpaired) electrons. The second kappa shape index (κ2) is 9.05. The number of thiazole rings is 1. The molecule has 1 saturated heterocycles. The molecule has 14 heteroatoms. The standard InChI is InChI=1S/C23H17Cl2FN8O2S/c24-12-2-4-14(33-9-17(25)31-32-33)19(20(12)26)10-5-11-1-3-15(34(11)18(35)6-10)22-28-7-13(30-22)16-8-29-23(37-16)21(27)36/h2,4,6-9,11,15H,1,3,5H2,(H2,27,36)(H,28,30)/t11-,15+/m1/s1. The Morgan fingerprint density at radius 2 is 2.05 bits per heavy atom. The third-order valence-corrected chi connectivity index (χ3v) is 8.02. The fourth-order valence-electron chi connectivity index (χ4n) is 4.94. The molecule has 5 heterocycles. The summed E-state index contributed by atoms with van der Waals surface area (Å²) < 4.78 is 16.7. The van der Waals surface area contributed by atoms with Crippen molar-refractivity contribution in [3.8, 4) is 16.3 Å². The molecule has 1 aromatic carbocycles. The number of primary amides is 1. The smallest absolute Gasteiger partial charge is 0.277 e. The molecule has 10 nitrogen and oxygen atoms in total. The zero-order valence-electron chi connectivity index (χ0n) is 18.9. The van der Waals surface area contributed by atoms with Gasteiger partial charge in [0.1, 0.15) is 5.82 Å². The van der Waals surface area contributed by atoms with Crippen LogP contribution >= 0.6 is 34.5 Å². The van der Waals surface area contributed by atoms with Crippen molar-refractivity contribution in [3.63, 3.8) is 0 Å². The molecular weight excluding hydrogens is 542 g/mol. The lowest BCUT2D eigenvalue weighted by molar-refractivity contribution is -0.129. The number of halogens is 3. The number of nitrogens with zero attached hydrogens (tertiary/aromatic N) is 6. The van der Waals surface area contributed by atoms with Crippen molar-refractivity contribution in [3.05, 3.63) is 69.2 Å². The van der Waals surface area contributed by atoms with Gasteiger partial charge in [-0.25, -0.2) is 19.0 Å². The number of carbonyl (C=O) groups excluding carboxylic acids is 2. The van der Waals surface area contributed by atoms with Gasteiger partial charge in [0, 0.05) is 23.9 Å². The molecule has 2 amide bonds. The second-order valence-electron chi connectivity index (χ2n) is 8.68. The average molecular weight is 559 g/mol. The summed E-state index contributed by atoms with van der Waals surface area (Å²) in [5.74, 6) is -0.850. The van der Waals surface area contributed by atoms with Crippen LogP contribution in [0, 0.1) is 5.82 Å². The van der Waals surface area contributed by atoms with Crippen LogP contribution in [-0.4, -0.2) is 52.7 Å². The third kappa shape index (κ3) is 4.10. The predicted octanol–water partition coefficient (Wildman–Crippen LogP) is 4.18. The van der Waals surface area contributed by atoms with Crippen LogP contribution in [0.15, 0.2) is 36.8 Å². The second-order valence-corrected chi connectivity index (χ2v) is 10.5. The van der Waals surface area contributed by atoms with Gasteiger partial charge in [-0.2, -0.15) is 0 Å². The number of hydrogen-bond donors (Lipinski definition) is 2. The Bertz CT molecular complexity index is 1590. The zero-order valence-corrected chi connectivity index (χ0v) is 21.2. The molecule has 1 fully saturated rings. The molecule has 0 spiro atoms. The maximum absolute atomic E-state index is 15.3. The van der Waals surface area contributed by atoms with Crippen LogP contribution in [0.4, 0.5) is 4.39 Å². The summed E-state index contributed by atoms with van der Waals surface area (Å²) in [6.45, 7) is 0. The first-order valence-corrected chi connectivity index (χ1v) is 12.8. The number of amides is 2. The largest absolute Gasteiger partial charge is 0.364 e. The van der Waals surface area contributed by atoms with E-state index < -0.39 is 11.7 Å². The van der Waals surface area contributed by atoms with Gasteiger partial charge >= 0.3 is 0 Å². The van der Waals surface area contributed by atoms with E-state index in [-0.39, 0.29) is 38.7 Å². The maximum Gasteiger partial charge on any atom is 0.277 e. The molecule has 4 aromatic rings. The highest BCUT2D eigenvalue weighted by Crippen LogP contribution is 2.44. The van der Waals surface area contributed by atoms with E-state index in [1.165, 1.54) is 23.0 Å². The number of aromatic nitrogens is 6. The number of imidazole rings is 1. The molecule has 2 atom stereocenters. The third-order valence-electron chi connectivity index (χ3n) is 6.51. The highest BCUT2D eigenvalue weighted by molar-refractivity contribution is 7.16. The highest BCUT2D eigenvalue weighted by atomic mass is 35.5. The predicted molar refractivity (Wildman–Crippen MR) is 135 cm³/mol. The van der Waals surface area contributed by atoms with E-state index >= 15 is 4.39 Å². The summed E-state index contributed by atoms with van der Waals surface area (Å²) in [5.41, 5.74) is 7.09. The Kier molecular flexibility index (Phi) is 5.81. The quantitative estimate of drug-likeness (QED) is 0.377. The minimum atomic E-state index is -0.636. The van der Waals surface area contributed by atoms with Gasteiger partial charge in [-0.05, 0) is 37.0 Å². The van der Waals surface area contributed by atoms with Crippen molar-refractivity contribution in [2.24, 2.45) is 5.73 Å². The molecule has 0 bridgehead atoms. The summed E-state index contributed by atoms with van der Waals surface area (Å²) >= 11 is 13.2.